The zero-order chi connectivity index (χ0) is 13.8. The van der Waals surface area contributed by atoms with Crippen molar-refractivity contribution in [3.63, 3.8) is 0 Å². The number of anilines is 1. The molecule has 1 fully saturated rings. The summed E-state index contributed by atoms with van der Waals surface area (Å²) in [5.74, 6) is -0.592. The molecule has 1 unspecified atom stereocenters. The first-order chi connectivity index (χ1) is 9.09. The van der Waals surface area contributed by atoms with Crippen LogP contribution in [0, 0.1) is 0 Å². The Labute approximate surface area is 117 Å². The van der Waals surface area contributed by atoms with Crippen molar-refractivity contribution < 1.29 is 9.90 Å². The molecule has 0 aliphatic carbocycles. The van der Waals surface area contributed by atoms with E-state index in [9.17, 15) is 4.79 Å². The van der Waals surface area contributed by atoms with Crippen molar-refractivity contribution in [2.45, 2.75) is 25.3 Å². The predicted octanol–water partition coefficient (Wildman–Crippen LogP) is 2.33. The van der Waals surface area contributed by atoms with E-state index in [0.29, 0.717) is 11.9 Å². The lowest BCUT2D eigenvalue weighted by Gasteiger charge is -2.32. The molecular weight excluding hydrogens is 266 g/mol. The number of aromatic carboxylic acids is 1. The van der Waals surface area contributed by atoms with Crippen molar-refractivity contribution in [2.24, 2.45) is 0 Å². The maximum absolute atomic E-state index is 11.0. The molecule has 19 heavy (non-hydrogen) atoms. The van der Waals surface area contributed by atoms with Crippen molar-refractivity contribution in [1.82, 2.24) is 9.88 Å². The van der Waals surface area contributed by atoms with Gasteiger partial charge in [0.1, 0.15) is 5.82 Å². The average molecular weight is 284 g/mol. The summed E-state index contributed by atoms with van der Waals surface area (Å²) >= 11 is 6.04. The van der Waals surface area contributed by atoms with E-state index in [-0.39, 0.29) is 10.6 Å². The van der Waals surface area contributed by atoms with E-state index >= 15 is 0 Å². The normalized spacial score (nSPS) is 20.2. The summed E-state index contributed by atoms with van der Waals surface area (Å²) in [6, 6.07) is 1.85. The van der Waals surface area contributed by atoms with Crippen LogP contribution in [-0.2, 0) is 0 Å². The highest BCUT2D eigenvalue weighted by molar-refractivity contribution is 6.35. The Kier molecular flexibility index (Phi) is 4.61. The van der Waals surface area contributed by atoms with Gasteiger partial charge in [0, 0.05) is 18.8 Å². The number of nitrogens with one attached hydrogen (secondary N) is 1. The van der Waals surface area contributed by atoms with Crippen LogP contribution < -0.4 is 5.32 Å². The first kappa shape index (κ1) is 14.1. The van der Waals surface area contributed by atoms with Crippen molar-refractivity contribution >= 4 is 23.4 Å². The van der Waals surface area contributed by atoms with Crippen LogP contribution in [0.4, 0.5) is 5.82 Å². The van der Waals surface area contributed by atoms with Crippen LogP contribution >= 0.6 is 11.6 Å². The minimum Gasteiger partial charge on any atom is -0.478 e. The number of aromatic nitrogens is 1. The fourth-order valence-electron chi connectivity index (χ4n) is 2.35. The van der Waals surface area contributed by atoms with E-state index < -0.39 is 5.97 Å². The topological polar surface area (TPSA) is 65.5 Å². The lowest BCUT2D eigenvalue weighted by molar-refractivity contribution is 0.0697. The maximum Gasteiger partial charge on any atom is 0.337 e. The van der Waals surface area contributed by atoms with Crippen molar-refractivity contribution in [1.29, 1.82) is 0 Å². The van der Waals surface area contributed by atoms with Gasteiger partial charge in [-0.15, -0.1) is 0 Å². The van der Waals surface area contributed by atoms with Gasteiger partial charge in [-0.2, -0.15) is 0 Å². The summed E-state index contributed by atoms with van der Waals surface area (Å²) in [5, 5.41) is 12.3. The Morgan fingerprint density at radius 1 is 1.63 bits per heavy atom. The van der Waals surface area contributed by atoms with Crippen LogP contribution in [0.1, 0.15) is 29.6 Å². The summed E-state index contributed by atoms with van der Waals surface area (Å²) in [5.41, 5.74) is 0.0798. The lowest BCUT2D eigenvalue weighted by Crippen LogP contribution is -2.40. The summed E-state index contributed by atoms with van der Waals surface area (Å²) < 4.78 is 0. The molecule has 0 saturated carbocycles. The van der Waals surface area contributed by atoms with Gasteiger partial charge in [-0.05, 0) is 32.5 Å². The predicted molar refractivity (Wildman–Crippen MR) is 75.0 cm³/mol. The summed E-state index contributed by atoms with van der Waals surface area (Å²) in [6.07, 6.45) is 5.06. The molecule has 0 amide bonds. The molecule has 1 aliphatic heterocycles. The van der Waals surface area contributed by atoms with Gasteiger partial charge >= 0.3 is 5.97 Å². The molecule has 2 N–H and O–H groups in total. The van der Waals surface area contributed by atoms with Gasteiger partial charge < -0.3 is 15.3 Å². The van der Waals surface area contributed by atoms with E-state index in [2.05, 4.69) is 22.2 Å². The quantitative estimate of drug-likeness (QED) is 0.888. The molecule has 2 rings (SSSR count). The molecule has 1 aromatic heterocycles. The molecule has 2 heterocycles. The number of piperidine rings is 1. The van der Waals surface area contributed by atoms with Gasteiger partial charge in [0.15, 0.2) is 0 Å². The highest BCUT2D eigenvalue weighted by Crippen LogP contribution is 2.24. The van der Waals surface area contributed by atoms with E-state index in [0.717, 1.165) is 19.5 Å². The summed E-state index contributed by atoms with van der Waals surface area (Å²) in [7, 11) is 2.11. The highest BCUT2D eigenvalue weighted by Gasteiger charge is 2.20. The number of likely N-dealkylation sites (tertiary alicyclic amines) is 1. The third-order valence-corrected chi connectivity index (χ3v) is 3.93. The van der Waals surface area contributed by atoms with Gasteiger partial charge in [-0.3, -0.25) is 0 Å². The second-order valence-corrected chi connectivity index (χ2v) is 5.22. The molecule has 6 heteroatoms. The van der Waals surface area contributed by atoms with Crippen LogP contribution in [0.3, 0.4) is 0 Å². The van der Waals surface area contributed by atoms with Gasteiger partial charge in [-0.25, -0.2) is 9.78 Å². The number of carboxylic acid groups (broad SMARTS) is 1. The van der Waals surface area contributed by atoms with Gasteiger partial charge in [0.25, 0.3) is 0 Å². The van der Waals surface area contributed by atoms with Crippen LogP contribution in [-0.4, -0.2) is 47.1 Å². The molecule has 0 bridgehead atoms. The zero-order valence-corrected chi connectivity index (χ0v) is 11.7. The molecule has 1 saturated heterocycles. The minimum absolute atomic E-state index is 0.0798. The fraction of sp³-hybridized carbons (Fsp3) is 0.538. The number of pyridine rings is 1. The third-order valence-electron chi connectivity index (χ3n) is 3.55. The summed E-state index contributed by atoms with van der Waals surface area (Å²) in [4.78, 5) is 17.4. The molecular formula is C13H18ClN3O2. The Balaban J connectivity index is 2.03. The second kappa shape index (κ2) is 6.21. The number of halogens is 1. The standard InChI is InChI=1S/C13H18ClN3O2/c1-17-7-3-2-4-9(17)8-16-12-11(14)10(13(18)19)5-6-15-12/h5-6,9H,2-4,7-8H2,1H3,(H,15,16)(H,18,19). The minimum atomic E-state index is -1.04. The van der Waals surface area contributed by atoms with E-state index in [1.165, 1.54) is 25.1 Å². The number of rotatable bonds is 4. The fourth-order valence-corrected chi connectivity index (χ4v) is 2.61. The van der Waals surface area contributed by atoms with Crippen LogP contribution in [0.5, 0.6) is 0 Å². The largest absolute Gasteiger partial charge is 0.478 e. The van der Waals surface area contributed by atoms with E-state index in [1.54, 1.807) is 0 Å². The zero-order valence-electron chi connectivity index (χ0n) is 10.9. The Hall–Kier alpha value is -1.33. The van der Waals surface area contributed by atoms with Crippen LogP contribution in [0.2, 0.25) is 5.02 Å². The number of likely N-dealkylation sites (N-methyl/N-ethyl adjacent to an activating group) is 1. The molecule has 1 atom stereocenters. The average Bonchev–Trinajstić information content (AvgIpc) is 2.39. The highest BCUT2D eigenvalue weighted by atomic mass is 35.5. The van der Waals surface area contributed by atoms with Crippen LogP contribution in [0.25, 0.3) is 0 Å². The SMILES string of the molecule is CN1CCCCC1CNc1nccc(C(=O)O)c1Cl. The second-order valence-electron chi connectivity index (χ2n) is 4.84. The molecule has 104 valence electrons. The molecule has 1 aliphatic rings. The Morgan fingerprint density at radius 3 is 3.11 bits per heavy atom. The number of hydrogen-bond donors (Lipinski definition) is 2. The number of carbonyl (C=O) groups is 1. The summed E-state index contributed by atoms with van der Waals surface area (Å²) in [6.45, 7) is 1.83. The lowest BCUT2D eigenvalue weighted by atomic mass is 10.0. The van der Waals surface area contributed by atoms with Crippen molar-refractivity contribution in [3.05, 3.63) is 22.8 Å². The van der Waals surface area contributed by atoms with Crippen LogP contribution in [0.15, 0.2) is 12.3 Å². The first-order valence-electron chi connectivity index (χ1n) is 6.41. The number of nitrogens with zero attached hydrogens (tertiary/aromatic N) is 2. The molecule has 0 radical (unpaired) electrons. The van der Waals surface area contributed by atoms with Gasteiger partial charge in [0.2, 0.25) is 0 Å². The molecule has 1 aromatic rings. The number of hydrogen-bond acceptors (Lipinski definition) is 4. The van der Waals surface area contributed by atoms with E-state index in [4.69, 9.17) is 16.7 Å². The number of carboxylic acids is 1. The monoisotopic (exact) mass is 283 g/mol. The van der Waals surface area contributed by atoms with Gasteiger partial charge in [-0.1, -0.05) is 18.0 Å². The first-order valence-corrected chi connectivity index (χ1v) is 6.79. The third kappa shape index (κ3) is 3.36. The van der Waals surface area contributed by atoms with E-state index in [1.807, 2.05) is 0 Å². The Bertz CT molecular complexity index is 467. The smallest absolute Gasteiger partial charge is 0.337 e. The Morgan fingerprint density at radius 2 is 2.42 bits per heavy atom. The molecule has 5 nitrogen and oxygen atoms in total. The maximum atomic E-state index is 11.0. The molecule has 0 aromatic carbocycles. The van der Waals surface area contributed by atoms with Crippen molar-refractivity contribution in [3.8, 4) is 0 Å². The molecule has 0 spiro atoms. The van der Waals surface area contributed by atoms with Gasteiger partial charge in [0.05, 0.1) is 10.6 Å². The van der Waals surface area contributed by atoms with Crippen molar-refractivity contribution in [2.75, 3.05) is 25.5 Å².